The summed E-state index contributed by atoms with van der Waals surface area (Å²) in [7, 11) is 3.40. The molecular formula is C18H19BrClN3O4. The number of likely N-dealkylation sites (N-methyl/N-ethyl adjacent to an activating group) is 1. The summed E-state index contributed by atoms with van der Waals surface area (Å²) in [5, 5.41) is 13.8. The Morgan fingerprint density at radius 3 is 2.70 bits per heavy atom. The summed E-state index contributed by atoms with van der Waals surface area (Å²) < 4.78 is 6.27. The second-order valence-corrected chi connectivity index (χ2v) is 7.28. The first-order chi connectivity index (χ1) is 12.7. The average Bonchev–Trinajstić information content (AvgIpc) is 2.62. The highest BCUT2D eigenvalue weighted by atomic mass is 79.9. The number of halogens is 2. The Morgan fingerprint density at radius 2 is 2.07 bits per heavy atom. The van der Waals surface area contributed by atoms with Crippen molar-refractivity contribution in [3.63, 3.8) is 0 Å². The number of hydrogen-bond donors (Lipinski definition) is 1. The van der Waals surface area contributed by atoms with Gasteiger partial charge in [-0.2, -0.15) is 0 Å². The van der Waals surface area contributed by atoms with Crippen LogP contribution in [0.25, 0.3) is 0 Å². The highest BCUT2D eigenvalue weighted by Gasteiger charge is 2.21. The molecule has 0 aliphatic rings. The van der Waals surface area contributed by atoms with Gasteiger partial charge >= 0.3 is 0 Å². The number of nitrogens with zero attached hydrogens (tertiary/aromatic N) is 2. The van der Waals surface area contributed by atoms with Crippen LogP contribution in [0.15, 0.2) is 40.9 Å². The third-order valence-electron chi connectivity index (χ3n) is 4.12. The summed E-state index contributed by atoms with van der Waals surface area (Å²) in [6.07, 6.45) is 0. The van der Waals surface area contributed by atoms with E-state index in [-0.39, 0.29) is 22.3 Å². The Labute approximate surface area is 170 Å². The van der Waals surface area contributed by atoms with Gasteiger partial charge in [0.25, 0.3) is 5.69 Å². The molecule has 0 saturated heterocycles. The molecule has 1 amide bonds. The lowest BCUT2D eigenvalue weighted by atomic mass is 10.1. The highest BCUT2D eigenvalue weighted by molar-refractivity contribution is 9.10. The Morgan fingerprint density at radius 1 is 1.37 bits per heavy atom. The van der Waals surface area contributed by atoms with Crippen LogP contribution in [-0.2, 0) is 11.3 Å². The van der Waals surface area contributed by atoms with Crippen LogP contribution in [0.4, 0.5) is 11.4 Å². The second kappa shape index (κ2) is 9.16. The Kier molecular flexibility index (Phi) is 7.18. The number of anilines is 1. The first-order valence-electron chi connectivity index (χ1n) is 8.00. The molecule has 27 heavy (non-hydrogen) atoms. The second-order valence-electron chi connectivity index (χ2n) is 5.96. The van der Waals surface area contributed by atoms with Crippen molar-refractivity contribution in [2.24, 2.45) is 0 Å². The van der Waals surface area contributed by atoms with Gasteiger partial charge in [0.1, 0.15) is 5.75 Å². The van der Waals surface area contributed by atoms with Gasteiger partial charge in [0.05, 0.1) is 28.8 Å². The fraction of sp³-hybridized carbons (Fsp3) is 0.278. The average molecular weight is 457 g/mol. The fourth-order valence-electron chi connectivity index (χ4n) is 2.44. The number of carbonyl (C=O) groups excluding carboxylic acids is 1. The van der Waals surface area contributed by atoms with Crippen LogP contribution < -0.4 is 10.1 Å². The number of carbonyl (C=O) groups is 1. The monoisotopic (exact) mass is 455 g/mol. The Balaban J connectivity index is 2.12. The van der Waals surface area contributed by atoms with Crippen LogP contribution in [0.5, 0.6) is 5.75 Å². The molecule has 0 aliphatic heterocycles. The predicted octanol–water partition coefficient (Wildman–Crippen LogP) is 4.48. The molecule has 2 aromatic rings. The molecule has 9 heteroatoms. The van der Waals surface area contributed by atoms with Gasteiger partial charge < -0.3 is 10.1 Å². The minimum atomic E-state index is -0.541. The number of non-ortho nitro benzene ring substituents is 1. The number of ether oxygens (including phenoxy) is 1. The van der Waals surface area contributed by atoms with Crippen molar-refractivity contribution in [2.45, 2.75) is 19.5 Å². The van der Waals surface area contributed by atoms with E-state index in [0.29, 0.717) is 6.54 Å². The molecule has 0 fully saturated rings. The Hall–Kier alpha value is -2.16. The number of nitro groups is 1. The van der Waals surface area contributed by atoms with Gasteiger partial charge in [0.2, 0.25) is 5.91 Å². The minimum Gasteiger partial charge on any atom is -0.496 e. The lowest BCUT2D eigenvalue weighted by molar-refractivity contribution is -0.384. The van der Waals surface area contributed by atoms with E-state index in [1.165, 1.54) is 18.2 Å². The molecule has 2 rings (SSSR count). The van der Waals surface area contributed by atoms with E-state index in [1.807, 2.05) is 23.1 Å². The van der Waals surface area contributed by atoms with E-state index in [1.54, 1.807) is 21.1 Å². The third-order valence-corrected chi connectivity index (χ3v) is 4.94. The first kappa shape index (κ1) is 21.1. The smallest absolute Gasteiger partial charge is 0.271 e. The fourth-order valence-corrected chi connectivity index (χ4v) is 3.01. The van der Waals surface area contributed by atoms with Crippen molar-refractivity contribution >= 4 is 44.8 Å². The van der Waals surface area contributed by atoms with Crippen molar-refractivity contribution in [3.05, 3.63) is 61.6 Å². The third kappa shape index (κ3) is 5.41. The van der Waals surface area contributed by atoms with Crippen molar-refractivity contribution in [1.82, 2.24) is 4.90 Å². The number of nitro benzene ring substituents is 1. The standard InChI is InChI=1S/C18H19BrClN3O4/c1-11(22(2)10-12-8-13(19)4-7-17(12)27-3)18(24)21-16-9-14(23(25)26)5-6-15(16)20/h4-9,11H,10H2,1-3H3,(H,21,24). The summed E-state index contributed by atoms with van der Waals surface area (Å²) in [4.78, 5) is 24.8. The van der Waals surface area contributed by atoms with Gasteiger partial charge in [-0.1, -0.05) is 27.5 Å². The van der Waals surface area contributed by atoms with E-state index < -0.39 is 11.0 Å². The molecule has 2 aromatic carbocycles. The molecule has 0 radical (unpaired) electrons. The van der Waals surface area contributed by atoms with Crippen LogP contribution in [0.2, 0.25) is 5.02 Å². The molecule has 7 nitrogen and oxygen atoms in total. The maximum absolute atomic E-state index is 12.6. The number of hydrogen-bond acceptors (Lipinski definition) is 5. The zero-order chi connectivity index (χ0) is 20.1. The molecular weight excluding hydrogens is 438 g/mol. The summed E-state index contributed by atoms with van der Waals surface area (Å²) in [5.41, 5.74) is 0.980. The van der Waals surface area contributed by atoms with E-state index >= 15 is 0 Å². The van der Waals surface area contributed by atoms with E-state index in [4.69, 9.17) is 16.3 Å². The molecule has 1 atom stereocenters. The Bertz CT molecular complexity index is 862. The molecule has 1 N–H and O–H groups in total. The topological polar surface area (TPSA) is 84.7 Å². The van der Waals surface area contributed by atoms with E-state index in [9.17, 15) is 14.9 Å². The molecule has 0 spiro atoms. The highest BCUT2D eigenvalue weighted by Crippen LogP contribution is 2.28. The molecule has 0 saturated carbocycles. The van der Waals surface area contributed by atoms with E-state index in [2.05, 4.69) is 21.2 Å². The normalized spacial score (nSPS) is 11.9. The first-order valence-corrected chi connectivity index (χ1v) is 9.17. The van der Waals surface area contributed by atoms with Gasteiger partial charge in [0, 0.05) is 28.7 Å². The zero-order valence-electron chi connectivity index (χ0n) is 15.0. The SMILES string of the molecule is COc1ccc(Br)cc1CN(C)C(C)C(=O)Nc1cc([N+](=O)[O-])ccc1Cl. The van der Waals surface area contributed by atoms with Crippen LogP contribution >= 0.6 is 27.5 Å². The lowest BCUT2D eigenvalue weighted by Gasteiger charge is -2.25. The quantitative estimate of drug-likeness (QED) is 0.490. The molecule has 0 aliphatic carbocycles. The van der Waals surface area contributed by atoms with Gasteiger partial charge in [-0.3, -0.25) is 19.8 Å². The number of methoxy groups -OCH3 is 1. The molecule has 0 bridgehead atoms. The van der Waals surface area contributed by atoms with Gasteiger partial charge in [-0.25, -0.2) is 0 Å². The van der Waals surface area contributed by atoms with Crippen molar-refractivity contribution in [2.75, 3.05) is 19.5 Å². The van der Waals surface area contributed by atoms with Crippen LogP contribution in [0.3, 0.4) is 0 Å². The lowest BCUT2D eigenvalue weighted by Crippen LogP contribution is -2.39. The predicted molar refractivity (Wildman–Crippen MR) is 108 cm³/mol. The summed E-state index contributed by atoms with van der Waals surface area (Å²) in [6, 6.07) is 9.05. The van der Waals surface area contributed by atoms with Crippen molar-refractivity contribution in [1.29, 1.82) is 0 Å². The largest absolute Gasteiger partial charge is 0.496 e. The number of nitrogens with one attached hydrogen (secondary N) is 1. The van der Waals surface area contributed by atoms with Crippen LogP contribution in [0, 0.1) is 10.1 Å². The van der Waals surface area contributed by atoms with Crippen LogP contribution in [0.1, 0.15) is 12.5 Å². The summed E-state index contributed by atoms with van der Waals surface area (Å²) in [6.45, 7) is 2.21. The maximum Gasteiger partial charge on any atom is 0.271 e. The van der Waals surface area contributed by atoms with Gasteiger partial charge in [0.15, 0.2) is 0 Å². The van der Waals surface area contributed by atoms with Crippen molar-refractivity contribution < 1.29 is 14.5 Å². The number of amides is 1. The molecule has 0 heterocycles. The number of benzene rings is 2. The summed E-state index contributed by atoms with van der Waals surface area (Å²) >= 11 is 9.47. The minimum absolute atomic E-state index is 0.144. The summed E-state index contributed by atoms with van der Waals surface area (Å²) in [5.74, 6) is 0.397. The van der Waals surface area contributed by atoms with Gasteiger partial charge in [-0.05, 0) is 38.2 Å². The molecule has 1 unspecified atom stereocenters. The number of rotatable bonds is 7. The van der Waals surface area contributed by atoms with E-state index in [0.717, 1.165) is 15.8 Å². The van der Waals surface area contributed by atoms with Crippen LogP contribution in [-0.4, -0.2) is 35.9 Å². The zero-order valence-corrected chi connectivity index (χ0v) is 17.4. The molecule has 0 aromatic heterocycles. The van der Waals surface area contributed by atoms with Crippen molar-refractivity contribution in [3.8, 4) is 5.75 Å². The van der Waals surface area contributed by atoms with Gasteiger partial charge in [-0.15, -0.1) is 0 Å². The maximum atomic E-state index is 12.6. The molecule has 144 valence electrons.